The van der Waals surface area contributed by atoms with Gasteiger partial charge in [0.15, 0.2) is 0 Å². The monoisotopic (exact) mass is 490 g/mol. The Morgan fingerprint density at radius 2 is 1.74 bits per heavy atom. The highest BCUT2D eigenvalue weighted by Gasteiger charge is 2.52. The van der Waals surface area contributed by atoms with Gasteiger partial charge in [0.2, 0.25) is 0 Å². The van der Waals surface area contributed by atoms with Crippen molar-refractivity contribution in [3.63, 3.8) is 0 Å². The van der Waals surface area contributed by atoms with Crippen LogP contribution in [-0.2, 0) is 9.53 Å². The number of hydrogen-bond donors (Lipinski definition) is 3. The van der Waals surface area contributed by atoms with Crippen LogP contribution in [0.5, 0.6) is 0 Å². The quantitative estimate of drug-likeness (QED) is 0.193. The number of ether oxygens (including phenoxy) is 1. The molecule has 0 amide bonds. The number of carbonyl (C=O) groups excluding carboxylic acids is 1. The van der Waals surface area contributed by atoms with Crippen molar-refractivity contribution in [3.8, 4) is 0 Å². The van der Waals surface area contributed by atoms with Crippen LogP contribution in [0.4, 0.5) is 0 Å². The van der Waals surface area contributed by atoms with Gasteiger partial charge in [0.1, 0.15) is 6.29 Å². The molecule has 0 radical (unpaired) electrons. The van der Waals surface area contributed by atoms with Crippen molar-refractivity contribution in [2.24, 2.45) is 11.3 Å². The maximum Gasteiger partial charge on any atom is 0.145 e. The van der Waals surface area contributed by atoms with E-state index in [0.29, 0.717) is 19.3 Å². The number of rotatable bonds is 11. The molecule has 1 aliphatic heterocycles. The molecular formula is C30H50O5. The Kier molecular flexibility index (Phi) is 10.5. The van der Waals surface area contributed by atoms with E-state index in [4.69, 9.17) is 4.74 Å². The third-order valence-electron chi connectivity index (χ3n) is 9.02. The largest absolute Gasteiger partial charge is 0.396 e. The average molecular weight is 491 g/mol. The molecule has 2 rings (SSSR count). The van der Waals surface area contributed by atoms with Crippen LogP contribution in [0, 0.1) is 11.3 Å². The van der Waals surface area contributed by atoms with Gasteiger partial charge in [-0.2, -0.15) is 0 Å². The molecule has 0 aromatic rings. The fourth-order valence-corrected chi connectivity index (χ4v) is 6.16. The van der Waals surface area contributed by atoms with Crippen LogP contribution in [0.15, 0.2) is 34.4 Å². The maximum atomic E-state index is 11.6. The first-order chi connectivity index (χ1) is 16.3. The van der Waals surface area contributed by atoms with Crippen molar-refractivity contribution in [2.45, 2.75) is 130 Å². The fourth-order valence-electron chi connectivity index (χ4n) is 6.16. The van der Waals surface area contributed by atoms with Gasteiger partial charge in [-0.3, -0.25) is 4.79 Å². The molecule has 0 aromatic carbocycles. The summed E-state index contributed by atoms with van der Waals surface area (Å²) < 4.78 is 6.38. The Bertz CT molecular complexity index is 819. The van der Waals surface area contributed by atoms with E-state index in [9.17, 15) is 20.1 Å². The molecule has 2 aliphatic rings. The van der Waals surface area contributed by atoms with Crippen molar-refractivity contribution >= 4 is 6.29 Å². The molecular weight excluding hydrogens is 440 g/mol. The summed E-state index contributed by atoms with van der Waals surface area (Å²) in [6.45, 7) is 14.3. The van der Waals surface area contributed by atoms with E-state index in [1.54, 1.807) is 0 Å². The number of aldehydes is 1. The molecule has 3 N–H and O–H groups in total. The first kappa shape index (κ1) is 30.0. The minimum absolute atomic E-state index is 0.0558. The average Bonchev–Trinajstić information content (AvgIpc) is 3.08. The van der Waals surface area contributed by atoms with Crippen molar-refractivity contribution in [3.05, 3.63) is 34.4 Å². The standard InChI is InChI=1S/C30H50O5/c1-21(2)11-8-16-29(6)27(33)19-26(35-29)22(3)12-9-15-28(5)25(13-10-18-31)24(23(4)20-32)14-17-30(28,7)34/h11-12,20,25-27,31,33-34H,8-10,13-19H2,1-7H3. The van der Waals surface area contributed by atoms with Gasteiger partial charge >= 0.3 is 0 Å². The predicted molar refractivity (Wildman–Crippen MR) is 142 cm³/mol. The SMILES string of the molecule is CC(C)=CCCC1(C)OC(C(C)=CCCC2(C)C(CCCO)C(=C(C)C=O)CCC2(C)O)CC1O. The molecule has 1 saturated heterocycles. The lowest BCUT2D eigenvalue weighted by molar-refractivity contribution is -0.115. The minimum atomic E-state index is -0.856. The fraction of sp³-hybridized carbons (Fsp3) is 0.767. The van der Waals surface area contributed by atoms with Crippen LogP contribution < -0.4 is 0 Å². The van der Waals surface area contributed by atoms with Gasteiger partial charge in [-0.05, 0) is 110 Å². The van der Waals surface area contributed by atoms with Crippen LogP contribution in [0.3, 0.4) is 0 Å². The van der Waals surface area contributed by atoms with E-state index in [-0.39, 0.29) is 18.6 Å². The summed E-state index contributed by atoms with van der Waals surface area (Å²) >= 11 is 0. The van der Waals surface area contributed by atoms with E-state index in [1.165, 1.54) is 5.57 Å². The predicted octanol–water partition coefficient (Wildman–Crippen LogP) is 5.82. The maximum absolute atomic E-state index is 11.6. The molecule has 0 bridgehead atoms. The molecule has 1 heterocycles. The Morgan fingerprint density at radius 3 is 2.34 bits per heavy atom. The van der Waals surface area contributed by atoms with Crippen molar-refractivity contribution in [2.75, 3.05) is 6.61 Å². The van der Waals surface area contributed by atoms with Crippen LogP contribution in [-0.4, -0.2) is 51.6 Å². The van der Waals surface area contributed by atoms with E-state index in [0.717, 1.165) is 61.5 Å². The van der Waals surface area contributed by atoms with E-state index >= 15 is 0 Å². The topological polar surface area (TPSA) is 87.0 Å². The van der Waals surface area contributed by atoms with Crippen molar-refractivity contribution < 1.29 is 24.9 Å². The molecule has 0 aromatic heterocycles. The minimum Gasteiger partial charge on any atom is -0.396 e. The Balaban J connectivity index is 2.16. The van der Waals surface area contributed by atoms with Crippen LogP contribution in [0.1, 0.15) is 106 Å². The summed E-state index contributed by atoms with van der Waals surface area (Å²) in [4.78, 5) is 11.6. The molecule has 5 nitrogen and oxygen atoms in total. The lowest BCUT2D eigenvalue weighted by Crippen LogP contribution is -2.52. The van der Waals surface area contributed by atoms with Gasteiger partial charge in [0.05, 0.1) is 23.4 Å². The van der Waals surface area contributed by atoms with Crippen LogP contribution in [0.25, 0.3) is 0 Å². The van der Waals surface area contributed by atoms with Gasteiger partial charge in [-0.25, -0.2) is 0 Å². The highest BCUT2D eigenvalue weighted by atomic mass is 16.5. The first-order valence-corrected chi connectivity index (χ1v) is 13.4. The second-order valence-corrected chi connectivity index (χ2v) is 11.9. The molecule has 6 unspecified atom stereocenters. The van der Waals surface area contributed by atoms with Gasteiger partial charge in [0.25, 0.3) is 0 Å². The number of aliphatic hydroxyl groups is 3. The molecule has 1 saturated carbocycles. The molecule has 0 spiro atoms. The Hall–Kier alpha value is -1.27. The Labute approximate surface area is 213 Å². The second kappa shape index (κ2) is 12.3. The van der Waals surface area contributed by atoms with Gasteiger partial charge in [0, 0.05) is 18.4 Å². The highest BCUT2D eigenvalue weighted by Crippen LogP contribution is 2.55. The number of hydrogen-bond acceptors (Lipinski definition) is 5. The molecule has 5 heteroatoms. The molecule has 200 valence electrons. The van der Waals surface area contributed by atoms with Crippen molar-refractivity contribution in [1.29, 1.82) is 0 Å². The zero-order valence-electron chi connectivity index (χ0n) is 23.2. The van der Waals surface area contributed by atoms with Crippen LogP contribution >= 0.6 is 0 Å². The van der Waals surface area contributed by atoms with Crippen molar-refractivity contribution in [1.82, 2.24) is 0 Å². The summed E-state index contributed by atoms with van der Waals surface area (Å²) in [5.74, 6) is 0.0558. The summed E-state index contributed by atoms with van der Waals surface area (Å²) in [5, 5.41) is 31.7. The molecule has 2 fully saturated rings. The molecule has 35 heavy (non-hydrogen) atoms. The van der Waals surface area contributed by atoms with E-state index in [1.807, 2.05) is 20.8 Å². The third kappa shape index (κ3) is 6.94. The summed E-state index contributed by atoms with van der Waals surface area (Å²) in [7, 11) is 0. The normalized spacial score (nSPS) is 37.3. The number of carbonyl (C=O) groups is 1. The summed E-state index contributed by atoms with van der Waals surface area (Å²) in [6.07, 6.45) is 11.4. The van der Waals surface area contributed by atoms with E-state index in [2.05, 4.69) is 39.8 Å². The Morgan fingerprint density at radius 1 is 1.09 bits per heavy atom. The number of aliphatic hydroxyl groups excluding tert-OH is 2. The van der Waals surface area contributed by atoms with Crippen LogP contribution in [0.2, 0.25) is 0 Å². The van der Waals surface area contributed by atoms with Gasteiger partial charge in [-0.1, -0.05) is 30.2 Å². The summed E-state index contributed by atoms with van der Waals surface area (Å²) in [5.41, 5.74) is 2.50. The molecule has 1 aliphatic carbocycles. The van der Waals surface area contributed by atoms with Gasteiger partial charge < -0.3 is 20.1 Å². The highest BCUT2D eigenvalue weighted by molar-refractivity contribution is 5.74. The smallest absolute Gasteiger partial charge is 0.145 e. The lowest BCUT2D eigenvalue weighted by atomic mass is 9.54. The van der Waals surface area contributed by atoms with Gasteiger partial charge in [-0.15, -0.1) is 0 Å². The number of allylic oxidation sites excluding steroid dienone is 5. The third-order valence-corrected chi connectivity index (χ3v) is 9.02. The lowest BCUT2D eigenvalue weighted by Gasteiger charge is -2.53. The van der Waals surface area contributed by atoms with E-state index < -0.39 is 22.7 Å². The second-order valence-electron chi connectivity index (χ2n) is 11.9. The molecule has 6 atom stereocenters. The first-order valence-electron chi connectivity index (χ1n) is 13.4. The summed E-state index contributed by atoms with van der Waals surface area (Å²) in [6, 6.07) is 0. The zero-order chi connectivity index (χ0) is 26.4. The zero-order valence-corrected chi connectivity index (χ0v) is 23.2.